The van der Waals surface area contributed by atoms with Crippen LogP contribution in [0.3, 0.4) is 0 Å². The molecule has 3 heteroatoms. The second-order valence-corrected chi connectivity index (χ2v) is 6.82. The van der Waals surface area contributed by atoms with E-state index >= 15 is 0 Å². The van der Waals surface area contributed by atoms with E-state index in [2.05, 4.69) is 30.7 Å². The Kier molecular flexibility index (Phi) is 4.68. The van der Waals surface area contributed by atoms with Gasteiger partial charge in [0.05, 0.1) is 0 Å². The average molecular weight is 253 g/mol. The molecule has 18 heavy (non-hydrogen) atoms. The van der Waals surface area contributed by atoms with Gasteiger partial charge in [0.25, 0.3) is 0 Å². The molecule has 0 atom stereocenters. The second kappa shape index (κ2) is 5.89. The van der Waals surface area contributed by atoms with Crippen LogP contribution in [0.5, 0.6) is 0 Å². The molecule has 2 fully saturated rings. The summed E-state index contributed by atoms with van der Waals surface area (Å²) >= 11 is 0. The lowest BCUT2D eigenvalue weighted by molar-refractivity contribution is -0.00894. The fourth-order valence-corrected chi connectivity index (χ4v) is 3.53. The molecular weight excluding hydrogens is 222 g/mol. The van der Waals surface area contributed by atoms with Gasteiger partial charge >= 0.3 is 0 Å². The number of hydrogen-bond donors (Lipinski definition) is 1. The van der Waals surface area contributed by atoms with Gasteiger partial charge < -0.3 is 10.6 Å². The van der Waals surface area contributed by atoms with Crippen LogP contribution < -0.4 is 5.73 Å². The van der Waals surface area contributed by atoms with Crippen molar-refractivity contribution in [1.29, 1.82) is 0 Å². The SMILES string of the molecule is CC(C)CN1CCC(CN)(N(C)C2CCC2)CC1. The van der Waals surface area contributed by atoms with Crippen LogP contribution in [0.15, 0.2) is 0 Å². The Morgan fingerprint density at radius 2 is 1.89 bits per heavy atom. The van der Waals surface area contributed by atoms with E-state index in [0.29, 0.717) is 5.54 Å². The first-order valence-corrected chi connectivity index (χ1v) is 7.73. The Hall–Kier alpha value is -0.120. The summed E-state index contributed by atoms with van der Waals surface area (Å²) < 4.78 is 0. The van der Waals surface area contributed by atoms with Crippen molar-refractivity contribution in [3.8, 4) is 0 Å². The lowest BCUT2D eigenvalue weighted by Gasteiger charge is -2.52. The minimum Gasteiger partial charge on any atom is -0.329 e. The van der Waals surface area contributed by atoms with E-state index in [1.165, 1.54) is 51.7 Å². The number of hydrogen-bond acceptors (Lipinski definition) is 3. The molecule has 2 N–H and O–H groups in total. The zero-order valence-electron chi connectivity index (χ0n) is 12.5. The summed E-state index contributed by atoms with van der Waals surface area (Å²) in [5, 5.41) is 0. The number of nitrogens with zero attached hydrogens (tertiary/aromatic N) is 2. The van der Waals surface area contributed by atoms with Crippen LogP contribution in [0, 0.1) is 5.92 Å². The molecule has 1 saturated heterocycles. The highest BCUT2D eigenvalue weighted by Crippen LogP contribution is 2.34. The first kappa shape index (κ1) is 14.3. The standard InChI is InChI=1S/C15H31N3/c1-13(2)11-18-9-7-15(12-16,8-10-18)17(3)14-5-4-6-14/h13-14H,4-12,16H2,1-3H3. The predicted octanol–water partition coefficient (Wildman–Crippen LogP) is 1.92. The largest absolute Gasteiger partial charge is 0.329 e. The summed E-state index contributed by atoms with van der Waals surface area (Å²) in [6.45, 7) is 9.15. The Bertz CT molecular complexity index is 252. The number of nitrogens with two attached hydrogens (primary N) is 1. The maximum atomic E-state index is 6.14. The van der Waals surface area contributed by atoms with Crippen LogP contribution in [0.2, 0.25) is 0 Å². The maximum Gasteiger partial charge on any atom is 0.0355 e. The van der Waals surface area contributed by atoms with E-state index < -0.39 is 0 Å². The van der Waals surface area contributed by atoms with E-state index in [-0.39, 0.29) is 0 Å². The molecule has 1 saturated carbocycles. The molecule has 1 aliphatic carbocycles. The van der Waals surface area contributed by atoms with Crippen LogP contribution in [0.1, 0.15) is 46.0 Å². The van der Waals surface area contributed by atoms with Gasteiger partial charge in [-0.3, -0.25) is 4.90 Å². The number of likely N-dealkylation sites (tertiary alicyclic amines) is 1. The van der Waals surface area contributed by atoms with Gasteiger partial charge in [-0.15, -0.1) is 0 Å². The Morgan fingerprint density at radius 1 is 1.28 bits per heavy atom. The quantitative estimate of drug-likeness (QED) is 0.812. The fourth-order valence-electron chi connectivity index (χ4n) is 3.53. The predicted molar refractivity (Wildman–Crippen MR) is 77.7 cm³/mol. The summed E-state index contributed by atoms with van der Waals surface area (Å²) in [4.78, 5) is 5.25. The summed E-state index contributed by atoms with van der Waals surface area (Å²) in [6, 6.07) is 0.810. The van der Waals surface area contributed by atoms with Gasteiger partial charge in [0.2, 0.25) is 0 Å². The fraction of sp³-hybridized carbons (Fsp3) is 1.00. The summed E-state index contributed by atoms with van der Waals surface area (Å²) in [5.41, 5.74) is 6.43. The molecule has 0 aromatic heterocycles. The van der Waals surface area contributed by atoms with E-state index in [9.17, 15) is 0 Å². The Labute approximate surface area is 113 Å². The van der Waals surface area contributed by atoms with E-state index in [0.717, 1.165) is 18.5 Å². The third-order valence-corrected chi connectivity index (χ3v) is 5.16. The lowest BCUT2D eigenvalue weighted by atomic mass is 9.81. The molecule has 1 heterocycles. The molecule has 2 rings (SSSR count). The van der Waals surface area contributed by atoms with Crippen molar-refractivity contribution >= 4 is 0 Å². The van der Waals surface area contributed by atoms with Gasteiger partial charge in [-0.1, -0.05) is 20.3 Å². The van der Waals surface area contributed by atoms with Crippen LogP contribution in [0.4, 0.5) is 0 Å². The monoisotopic (exact) mass is 253 g/mol. The molecule has 0 aromatic carbocycles. The molecule has 1 aliphatic heterocycles. The number of likely N-dealkylation sites (N-methyl/N-ethyl adjacent to an activating group) is 1. The molecule has 0 amide bonds. The summed E-state index contributed by atoms with van der Waals surface area (Å²) in [7, 11) is 2.31. The Balaban J connectivity index is 1.90. The van der Waals surface area contributed by atoms with Crippen molar-refractivity contribution < 1.29 is 0 Å². The molecule has 0 spiro atoms. The van der Waals surface area contributed by atoms with E-state index in [1.54, 1.807) is 0 Å². The normalized spacial score (nSPS) is 25.7. The van der Waals surface area contributed by atoms with Crippen molar-refractivity contribution in [2.75, 3.05) is 33.2 Å². The zero-order chi connectivity index (χ0) is 13.2. The van der Waals surface area contributed by atoms with Gasteiger partial charge in [0, 0.05) is 24.7 Å². The van der Waals surface area contributed by atoms with Crippen LogP contribution in [0.25, 0.3) is 0 Å². The lowest BCUT2D eigenvalue weighted by Crippen LogP contribution is -2.62. The molecular formula is C15H31N3. The molecule has 3 nitrogen and oxygen atoms in total. The van der Waals surface area contributed by atoms with Crippen LogP contribution in [-0.4, -0.2) is 54.6 Å². The van der Waals surface area contributed by atoms with Gasteiger partial charge in [0.15, 0.2) is 0 Å². The van der Waals surface area contributed by atoms with Crippen molar-refractivity contribution in [3.63, 3.8) is 0 Å². The van der Waals surface area contributed by atoms with E-state index in [1.807, 2.05) is 0 Å². The van der Waals surface area contributed by atoms with Crippen molar-refractivity contribution in [2.24, 2.45) is 11.7 Å². The second-order valence-electron chi connectivity index (χ2n) is 6.82. The first-order chi connectivity index (χ1) is 8.57. The highest BCUT2D eigenvalue weighted by atomic mass is 15.3. The number of piperidine rings is 1. The molecule has 0 radical (unpaired) electrons. The Morgan fingerprint density at radius 3 is 2.28 bits per heavy atom. The zero-order valence-corrected chi connectivity index (χ0v) is 12.5. The molecule has 0 unspecified atom stereocenters. The third-order valence-electron chi connectivity index (χ3n) is 5.16. The van der Waals surface area contributed by atoms with Crippen LogP contribution >= 0.6 is 0 Å². The van der Waals surface area contributed by atoms with Crippen LogP contribution in [-0.2, 0) is 0 Å². The van der Waals surface area contributed by atoms with Gasteiger partial charge in [-0.05, 0) is 51.7 Å². The van der Waals surface area contributed by atoms with Gasteiger partial charge in [0.1, 0.15) is 0 Å². The van der Waals surface area contributed by atoms with Gasteiger partial charge in [-0.2, -0.15) is 0 Å². The average Bonchev–Trinajstić information content (AvgIpc) is 2.27. The topological polar surface area (TPSA) is 32.5 Å². The highest BCUT2D eigenvalue weighted by molar-refractivity contribution is 4.99. The van der Waals surface area contributed by atoms with Crippen molar-refractivity contribution in [1.82, 2.24) is 9.80 Å². The first-order valence-electron chi connectivity index (χ1n) is 7.73. The summed E-state index contributed by atoms with van der Waals surface area (Å²) in [6.07, 6.45) is 6.68. The highest BCUT2D eigenvalue weighted by Gasteiger charge is 2.41. The van der Waals surface area contributed by atoms with E-state index in [4.69, 9.17) is 5.73 Å². The maximum absolute atomic E-state index is 6.14. The summed E-state index contributed by atoms with van der Waals surface area (Å²) in [5.74, 6) is 0.778. The smallest absolute Gasteiger partial charge is 0.0355 e. The molecule has 0 aromatic rings. The molecule has 0 bridgehead atoms. The number of rotatable bonds is 5. The molecule has 2 aliphatic rings. The third kappa shape index (κ3) is 2.89. The van der Waals surface area contributed by atoms with Gasteiger partial charge in [-0.25, -0.2) is 0 Å². The minimum atomic E-state index is 0.290. The molecule has 106 valence electrons. The van der Waals surface area contributed by atoms with Crippen molar-refractivity contribution in [3.05, 3.63) is 0 Å². The minimum absolute atomic E-state index is 0.290. The van der Waals surface area contributed by atoms with Crippen molar-refractivity contribution in [2.45, 2.75) is 57.5 Å².